The van der Waals surface area contributed by atoms with E-state index in [1.165, 1.54) is 0 Å². The van der Waals surface area contributed by atoms with Crippen LogP contribution in [0, 0.1) is 0 Å². The summed E-state index contributed by atoms with van der Waals surface area (Å²) in [5, 5.41) is 3.10. The van der Waals surface area contributed by atoms with Gasteiger partial charge in [-0.15, -0.1) is 0 Å². The summed E-state index contributed by atoms with van der Waals surface area (Å²) in [6.45, 7) is 6.24. The van der Waals surface area contributed by atoms with Gasteiger partial charge in [-0.3, -0.25) is 9.59 Å². The summed E-state index contributed by atoms with van der Waals surface area (Å²) >= 11 is 0. The van der Waals surface area contributed by atoms with Gasteiger partial charge in [-0.1, -0.05) is 18.2 Å². The highest BCUT2D eigenvalue weighted by Gasteiger charge is 2.25. The zero-order valence-corrected chi connectivity index (χ0v) is 12.1. The molecule has 1 aliphatic heterocycles. The van der Waals surface area contributed by atoms with Crippen LogP contribution in [0.25, 0.3) is 0 Å². The number of anilines is 1. The molecule has 0 spiro atoms. The zero-order valence-electron chi connectivity index (χ0n) is 12.1. The number of para-hydroxylation sites is 1. The first-order valence-corrected chi connectivity index (χ1v) is 7.04. The topological polar surface area (TPSA) is 52.7 Å². The van der Waals surface area contributed by atoms with Crippen molar-refractivity contribution in [2.75, 3.05) is 31.1 Å². The number of benzene rings is 1. The lowest BCUT2D eigenvalue weighted by molar-refractivity contribution is -0.131. The van der Waals surface area contributed by atoms with Crippen LogP contribution in [-0.2, 0) is 16.1 Å². The summed E-state index contributed by atoms with van der Waals surface area (Å²) in [6.07, 6.45) is 0. The highest BCUT2D eigenvalue weighted by Crippen LogP contribution is 2.22. The van der Waals surface area contributed by atoms with Crippen molar-refractivity contribution in [3.05, 3.63) is 29.8 Å². The maximum Gasteiger partial charge on any atom is 0.242 e. The van der Waals surface area contributed by atoms with Gasteiger partial charge in [0.25, 0.3) is 0 Å². The van der Waals surface area contributed by atoms with Crippen LogP contribution < -0.4 is 10.2 Å². The van der Waals surface area contributed by atoms with Crippen LogP contribution in [0.3, 0.4) is 0 Å². The van der Waals surface area contributed by atoms with Crippen LogP contribution in [0.15, 0.2) is 24.3 Å². The first-order valence-electron chi connectivity index (χ1n) is 7.04. The Balaban J connectivity index is 2.24. The smallest absolute Gasteiger partial charge is 0.242 e. The fraction of sp³-hybridized carbons (Fsp3) is 0.467. The third kappa shape index (κ3) is 2.99. The fourth-order valence-electron chi connectivity index (χ4n) is 2.44. The Morgan fingerprint density at radius 2 is 1.95 bits per heavy atom. The largest absolute Gasteiger partial charge is 0.342 e. The number of rotatable bonds is 4. The van der Waals surface area contributed by atoms with Crippen molar-refractivity contribution in [2.45, 2.75) is 20.4 Å². The van der Waals surface area contributed by atoms with E-state index in [9.17, 15) is 9.59 Å². The van der Waals surface area contributed by atoms with E-state index < -0.39 is 0 Å². The van der Waals surface area contributed by atoms with Gasteiger partial charge in [0, 0.05) is 25.3 Å². The summed E-state index contributed by atoms with van der Waals surface area (Å²) in [5.74, 6) is -0.0736. The molecular formula is C15H21N3O2. The number of fused-ring (bicyclic) bond motifs is 1. The Morgan fingerprint density at radius 3 is 2.65 bits per heavy atom. The number of nitrogens with zero attached hydrogens (tertiary/aromatic N) is 2. The molecule has 5 nitrogen and oxygen atoms in total. The Kier molecular flexibility index (Phi) is 4.74. The molecule has 1 heterocycles. The van der Waals surface area contributed by atoms with E-state index >= 15 is 0 Å². The lowest BCUT2D eigenvalue weighted by atomic mass is 10.1. The van der Waals surface area contributed by atoms with Crippen LogP contribution in [-0.4, -0.2) is 42.9 Å². The molecule has 1 aliphatic rings. The predicted octanol–water partition coefficient (Wildman–Crippen LogP) is 0.991. The van der Waals surface area contributed by atoms with Gasteiger partial charge in [0.05, 0.1) is 6.54 Å². The molecule has 2 rings (SSSR count). The summed E-state index contributed by atoms with van der Waals surface area (Å²) in [4.78, 5) is 27.8. The normalized spacial score (nSPS) is 14.7. The Hall–Kier alpha value is -1.88. The van der Waals surface area contributed by atoms with Gasteiger partial charge >= 0.3 is 0 Å². The van der Waals surface area contributed by atoms with E-state index in [2.05, 4.69) is 5.32 Å². The number of amides is 2. The Bertz CT molecular complexity index is 498. The molecule has 1 N–H and O–H groups in total. The standard InChI is InChI=1S/C15H21N3O2/c1-3-17(4-2)15(20)11-18-13-8-6-5-7-12(13)9-16-10-14(18)19/h5-8,16H,3-4,9-11H2,1-2H3. The van der Waals surface area contributed by atoms with Crippen LogP contribution in [0.2, 0.25) is 0 Å². The fourth-order valence-corrected chi connectivity index (χ4v) is 2.44. The van der Waals surface area contributed by atoms with Crippen LogP contribution in [0.4, 0.5) is 5.69 Å². The Morgan fingerprint density at radius 1 is 1.25 bits per heavy atom. The quantitative estimate of drug-likeness (QED) is 0.891. The van der Waals surface area contributed by atoms with Crippen LogP contribution in [0.5, 0.6) is 0 Å². The van der Waals surface area contributed by atoms with Gasteiger partial charge in [0.15, 0.2) is 0 Å². The highest BCUT2D eigenvalue weighted by atomic mass is 16.2. The van der Waals surface area contributed by atoms with Crippen molar-refractivity contribution in [3.63, 3.8) is 0 Å². The van der Waals surface area contributed by atoms with Crippen LogP contribution >= 0.6 is 0 Å². The second-order valence-corrected chi connectivity index (χ2v) is 4.78. The first-order chi connectivity index (χ1) is 9.67. The summed E-state index contributed by atoms with van der Waals surface area (Å²) in [7, 11) is 0. The van der Waals surface area contributed by atoms with Gasteiger partial charge in [0.2, 0.25) is 11.8 Å². The molecule has 20 heavy (non-hydrogen) atoms. The molecule has 108 valence electrons. The number of carbonyl (C=O) groups excluding carboxylic acids is 2. The molecule has 2 amide bonds. The molecule has 1 aromatic rings. The molecule has 0 aromatic heterocycles. The number of hydrogen-bond donors (Lipinski definition) is 1. The first kappa shape index (κ1) is 14.5. The van der Waals surface area contributed by atoms with E-state index in [0.29, 0.717) is 19.6 Å². The molecule has 0 saturated heterocycles. The van der Waals surface area contributed by atoms with Crippen LogP contribution in [0.1, 0.15) is 19.4 Å². The van der Waals surface area contributed by atoms with Gasteiger partial charge in [-0.05, 0) is 25.5 Å². The molecule has 0 atom stereocenters. The Labute approximate surface area is 119 Å². The molecule has 0 unspecified atom stereocenters. The molecule has 0 fully saturated rings. The van der Waals surface area contributed by atoms with Crippen molar-refractivity contribution in [2.24, 2.45) is 0 Å². The van der Waals surface area contributed by atoms with Crippen molar-refractivity contribution in [1.29, 1.82) is 0 Å². The second-order valence-electron chi connectivity index (χ2n) is 4.78. The minimum Gasteiger partial charge on any atom is -0.342 e. The van der Waals surface area contributed by atoms with Crippen molar-refractivity contribution in [1.82, 2.24) is 10.2 Å². The number of likely N-dealkylation sites (N-methyl/N-ethyl adjacent to an activating group) is 1. The average molecular weight is 275 g/mol. The number of hydrogen-bond acceptors (Lipinski definition) is 3. The van der Waals surface area contributed by atoms with Crippen molar-refractivity contribution in [3.8, 4) is 0 Å². The highest BCUT2D eigenvalue weighted by molar-refractivity contribution is 6.00. The third-order valence-corrected chi connectivity index (χ3v) is 3.58. The van der Waals surface area contributed by atoms with Gasteiger partial charge in [-0.25, -0.2) is 0 Å². The minimum absolute atomic E-state index is 0.0138. The summed E-state index contributed by atoms with van der Waals surface area (Å²) in [5.41, 5.74) is 1.88. The van der Waals surface area contributed by atoms with Gasteiger partial charge in [0.1, 0.15) is 6.54 Å². The lowest BCUT2D eigenvalue weighted by Crippen LogP contribution is -2.44. The molecule has 0 saturated carbocycles. The molecular weight excluding hydrogens is 254 g/mol. The molecule has 0 radical (unpaired) electrons. The molecule has 1 aromatic carbocycles. The predicted molar refractivity (Wildman–Crippen MR) is 78.4 cm³/mol. The van der Waals surface area contributed by atoms with Gasteiger partial charge in [-0.2, -0.15) is 0 Å². The summed E-state index contributed by atoms with van der Waals surface area (Å²) in [6, 6.07) is 7.72. The van der Waals surface area contributed by atoms with Crippen molar-refractivity contribution >= 4 is 17.5 Å². The minimum atomic E-state index is -0.0598. The monoisotopic (exact) mass is 275 g/mol. The van der Waals surface area contributed by atoms with E-state index in [4.69, 9.17) is 0 Å². The van der Waals surface area contributed by atoms with E-state index in [-0.39, 0.29) is 24.9 Å². The lowest BCUT2D eigenvalue weighted by Gasteiger charge is -2.26. The molecule has 0 aliphatic carbocycles. The maximum atomic E-state index is 12.3. The maximum absolute atomic E-state index is 12.3. The zero-order chi connectivity index (χ0) is 14.5. The van der Waals surface area contributed by atoms with Gasteiger partial charge < -0.3 is 15.1 Å². The van der Waals surface area contributed by atoms with E-state index in [1.807, 2.05) is 38.1 Å². The van der Waals surface area contributed by atoms with E-state index in [1.54, 1.807) is 9.80 Å². The molecule has 0 bridgehead atoms. The second kappa shape index (κ2) is 6.52. The number of carbonyl (C=O) groups is 2. The SMILES string of the molecule is CCN(CC)C(=O)CN1C(=O)CNCc2ccccc21. The van der Waals surface area contributed by atoms with E-state index in [0.717, 1.165) is 11.3 Å². The van der Waals surface area contributed by atoms with Crippen molar-refractivity contribution < 1.29 is 9.59 Å². The number of nitrogens with one attached hydrogen (secondary N) is 1. The molecule has 5 heteroatoms. The third-order valence-electron chi connectivity index (χ3n) is 3.58. The summed E-state index contributed by atoms with van der Waals surface area (Å²) < 4.78 is 0. The average Bonchev–Trinajstić information content (AvgIpc) is 2.61.